The molecule has 6 heteroatoms. The summed E-state index contributed by atoms with van der Waals surface area (Å²) in [5.41, 5.74) is 3.27. The molecule has 0 aliphatic rings. The van der Waals surface area contributed by atoms with Gasteiger partial charge in [0.25, 0.3) is 0 Å². The van der Waals surface area contributed by atoms with Crippen LogP contribution in [0.15, 0.2) is 18.2 Å². The molecule has 0 atom stereocenters. The molecule has 0 spiro atoms. The van der Waals surface area contributed by atoms with Crippen molar-refractivity contribution in [2.24, 2.45) is 5.84 Å². The van der Waals surface area contributed by atoms with Crippen LogP contribution in [0.5, 0.6) is 11.5 Å². The minimum absolute atomic E-state index is 0.00766. The molecule has 0 fully saturated rings. The zero-order chi connectivity index (χ0) is 11.3. The number of alkyl halides is 2. The van der Waals surface area contributed by atoms with Crippen molar-refractivity contribution in [1.82, 2.24) is 5.43 Å². The van der Waals surface area contributed by atoms with Crippen LogP contribution < -0.4 is 20.7 Å². The summed E-state index contributed by atoms with van der Waals surface area (Å²) in [5, 5.41) is 0. The summed E-state index contributed by atoms with van der Waals surface area (Å²) in [6.07, 6.45) is 0. The van der Waals surface area contributed by atoms with E-state index in [0.717, 1.165) is 5.56 Å². The molecule has 0 saturated heterocycles. The third-order valence-electron chi connectivity index (χ3n) is 1.75. The fraction of sp³-hybridized carbons (Fsp3) is 0.333. The Morgan fingerprint density at radius 2 is 2.13 bits per heavy atom. The van der Waals surface area contributed by atoms with Crippen molar-refractivity contribution in [2.45, 2.75) is 13.2 Å². The minimum Gasteiger partial charge on any atom is -0.493 e. The van der Waals surface area contributed by atoms with Crippen LogP contribution in [0.3, 0.4) is 0 Å². The van der Waals surface area contributed by atoms with Gasteiger partial charge in [-0.2, -0.15) is 8.78 Å². The molecule has 1 rings (SSSR count). The van der Waals surface area contributed by atoms with Crippen LogP contribution in [0, 0.1) is 0 Å². The molecule has 1 aromatic carbocycles. The van der Waals surface area contributed by atoms with E-state index >= 15 is 0 Å². The van der Waals surface area contributed by atoms with E-state index in [9.17, 15) is 8.78 Å². The van der Waals surface area contributed by atoms with Crippen molar-refractivity contribution in [3.8, 4) is 11.5 Å². The van der Waals surface area contributed by atoms with Gasteiger partial charge >= 0.3 is 6.61 Å². The summed E-state index contributed by atoms with van der Waals surface area (Å²) in [5.74, 6) is 5.39. The van der Waals surface area contributed by atoms with Gasteiger partial charge in [-0.15, -0.1) is 0 Å². The van der Waals surface area contributed by atoms with Crippen LogP contribution in [0.1, 0.15) is 5.56 Å². The van der Waals surface area contributed by atoms with Gasteiger partial charge in [0.1, 0.15) is 0 Å². The molecular formula is C9H12F2N2O2. The summed E-state index contributed by atoms with van der Waals surface area (Å²) in [4.78, 5) is 0. The molecule has 4 nitrogen and oxygen atoms in total. The maximum atomic E-state index is 12.0. The Morgan fingerprint density at radius 3 is 2.67 bits per heavy atom. The first-order valence-electron chi connectivity index (χ1n) is 4.22. The molecule has 0 aliphatic heterocycles. The maximum Gasteiger partial charge on any atom is 0.387 e. The first-order valence-corrected chi connectivity index (χ1v) is 4.22. The first-order chi connectivity index (χ1) is 7.17. The molecule has 1 aromatic rings. The van der Waals surface area contributed by atoms with E-state index in [1.54, 1.807) is 12.1 Å². The van der Waals surface area contributed by atoms with Crippen molar-refractivity contribution in [2.75, 3.05) is 7.11 Å². The SMILES string of the molecule is COc1cc(CNN)ccc1OC(F)F. The number of ether oxygens (including phenoxy) is 2. The van der Waals surface area contributed by atoms with E-state index < -0.39 is 6.61 Å². The molecule has 3 N–H and O–H groups in total. The average Bonchev–Trinajstić information content (AvgIpc) is 2.20. The average molecular weight is 218 g/mol. The van der Waals surface area contributed by atoms with E-state index in [4.69, 9.17) is 10.6 Å². The zero-order valence-electron chi connectivity index (χ0n) is 8.17. The second-order valence-electron chi connectivity index (χ2n) is 2.74. The molecule has 0 radical (unpaired) electrons. The van der Waals surface area contributed by atoms with Crippen molar-refractivity contribution < 1.29 is 18.3 Å². The number of halogens is 2. The predicted molar refractivity (Wildman–Crippen MR) is 50.7 cm³/mol. The van der Waals surface area contributed by atoms with Gasteiger partial charge in [0.05, 0.1) is 7.11 Å². The van der Waals surface area contributed by atoms with Crippen LogP contribution >= 0.6 is 0 Å². The highest BCUT2D eigenvalue weighted by Crippen LogP contribution is 2.29. The summed E-state index contributed by atoms with van der Waals surface area (Å²) in [7, 11) is 1.38. The highest BCUT2D eigenvalue weighted by Gasteiger charge is 2.10. The summed E-state index contributed by atoms with van der Waals surface area (Å²) >= 11 is 0. The van der Waals surface area contributed by atoms with E-state index in [0.29, 0.717) is 6.54 Å². The topological polar surface area (TPSA) is 56.5 Å². The molecule has 0 amide bonds. The number of nitrogens with one attached hydrogen (secondary N) is 1. The molecule has 0 unspecified atom stereocenters. The van der Waals surface area contributed by atoms with Crippen molar-refractivity contribution in [3.05, 3.63) is 23.8 Å². The van der Waals surface area contributed by atoms with Crippen LogP contribution in [0.2, 0.25) is 0 Å². The molecule has 0 bridgehead atoms. The highest BCUT2D eigenvalue weighted by molar-refractivity contribution is 5.42. The lowest BCUT2D eigenvalue weighted by molar-refractivity contribution is -0.0512. The smallest absolute Gasteiger partial charge is 0.387 e. The Kier molecular flexibility index (Phi) is 4.26. The number of nitrogens with two attached hydrogens (primary N) is 1. The van der Waals surface area contributed by atoms with Crippen LogP contribution in [0.25, 0.3) is 0 Å². The summed E-state index contributed by atoms with van der Waals surface area (Å²) in [6, 6.07) is 4.62. The molecule has 0 heterocycles. The van der Waals surface area contributed by atoms with Crippen LogP contribution in [0.4, 0.5) is 8.78 Å². The van der Waals surface area contributed by atoms with Crippen molar-refractivity contribution in [3.63, 3.8) is 0 Å². The Bertz CT molecular complexity index is 321. The number of hydrazine groups is 1. The van der Waals surface area contributed by atoms with Crippen LogP contribution in [-0.2, 0) is 6.54 Å². The molecule has 84 valence electrons. The van der Waals surface area contributed by atoms with Gasteiger partial charge in [-0.3, -0.25) is 11.3 Å². The Balaban J connectivity index is 2.88. The highest BCUT2D eigenvalue weighted by atomic mass is 19.3. The number of methoxy groups -OCH3 is 1. The lowest BCUT2D eigenvalue weighted by Crippen LogP contribution is -2.20. The standard InChI is InChI=1S/C9H12F2N2O2/c1-14-8-4-6(5-13-12)2-3-7(8)15-9(10)11/h2-4,9,13H,5,12H2,1H3. The Hall–Kier alpha value is -1.40. The van der Waals surface area contributed by atoms with E-state index in [1.807, 2.05) is 0 Å². The van der Waals surface area contributed by atoms with Crippen molar-refractivity contribution >= 4 is 0 Å². The molecular weight excluding hydrogens is 206 g/mol. The van der Waals surface area contributed by atoms with Crippen molar-refractivity contribution in [1.29, 1.82) is 0 Å². The Morgan fingerprint density at radius 1 is 1.40 bits per heavy atom. The van der Waals surface area contributed by atoms with Gasteiger partial charge in [0.2, 0.25) is 0 Å². The van der Waals surface area contributed by atoms with Gasteiger partial charge < -0.3 is 9.47 Å². The van der Waals surface area contributed by atoms with Crippen LogP contribution in [-0.4, -0.2) is 13.7 Å². The van der Waals surface area contributed by atoms with E-state index in [-0.39, 0.29) is 11.5 Å². The number of hydrogen-bond acceptors (Lipinski definition) is 4. The molecule has 0 aliphatic carbocycles. The number of hydrogen-bond donors (Lipinski definition) is 2. The van der Waals surface area contributed by atoms with E-state index in [1.165, 1.54) is 13.2 Å². The molecule has 0 aromatic heterocycles. The lowest BCUT2D eigenvalue weighted by Gasteiger charge is -2.11. The summed E-state index contributed by atoms with van der Waals surface area (Å²) in [6.45, 7) is -2.44. The second-order valence-corrected chi connectivity index (χ2v) is 2.74. The van der Waals surface area contributed by atoms with Gasteiger partial charge in [0, 0.05) is 6.54 Å². The first kappa shape index (κ1) is 11.7. The lowest BCUT2D eigenvalue weighted by atomic mass is 10.2. The third kappa shape index (κ3) is 3.34. The summed E-state index contributed by atoms with van der Waals surface area (Å²) < 4.78 is 33.1. The fourth-order valence-corrected chi connectivity index (χ4v) is 1.13. The minimum atomic E-state index is -2.86. The van der Waals surface area contributed by atoms with Gasteiger partial charge in [0.15, 0.2) is 11.5 Å². The monoisotopic (exact) mass is 218 g/mol. The molecule has 0 saturated carbocycles. The normalized spacial score (nSPS) is 10.5. The predicted octanol–water partition coefficient (Wildman–Crippen LogP) is 1.26. The number of benzene rings is 1. The molecule has 15 heavy (non-hydrogen) atoms. The second kappa shape index (κ2) is 5.47. The van der Waals surface area contributed by atoms with Gasteiger partial charge in [-0.25, -0.2) is 0 Å². The van der Waals surface area contributed by atoms with Gasteiger partial charge in [-0.1, -0.05) is 6.07 Å². The fourth-order valence-electron chi connectivity index (χ4n) is 1.13. The quantitative estimate of drug-likeness (QED) is 0.577. The number of rotatable bonds is 5. The third-order valence-corrected chi connectivity index (χ3v) is 1.75. The zero-order valence-corrected chi connectivity index (χ0v) is 8.17. The van der Waals surface area contributed by atoms with Gasteiger partial charge in [-0.05, 0) is 17.7 Å². The van der Waals surface area contributed by atoms with E-state index in [2.05, 4.69) is 10.2 Å². The largest absolute Gasteiger partial charge is 0.493 e. The maximum absolute atomic E-state index is 12.0. The Labute approximate surface area is 85.9 Å².